The van der Waals surface area contributed by atoms with Gasteiger partial charge in [0, 0.05) is 28.6 Å². The number of piperidine rings is 1. The number of carbonyl (C=O) groups is 1. The maximum Gasteiger partial charge on any atom is 0.237 e. The maximum atomic E-state index is 11.6. The molecular weight excluding hydrogens is 298 g/mol. The van der Waals surface area contributed by atoms with Crippen molar-refractivity contribution in [1.29, 1.82) is 0 Å². The van der Waals surface area contributed by atoms with Crippen LogP contribution in [0.4, 0.5) is 0 Å². The molecule has 126 valence electrons. The average Bonchev–Trinajstić information content (AvgIpc) is 2.88. The van der Waals surface area contributed by atoms with Crippen molar-refractivity contribution in [3.8, 4) is 0 Å². The largest absolute Gasteiger partial charge is 0.368 e. The van der Waals surface area contributed by atoms with Crippen LogP contribution in [0.1, 0.15) is 42.5 Å². The van der Waals surface area contributed by atoms with Crippen molar-refractivity contribution in [2.45, 2.75) is 44.7 Å². The fourth-order valence-corrected chi connectivity index (χ4v) is 4.97. The fourth-order valence-electron chi connectivity index (χ4n) is 4.97. The van der Waals surface area contributed by atoms with Gasteiger partial charge in [0.05, 0.1) is 0 Å². The minimum Gasteiger partial charge on any atom is -0.368 e. The lowest BCUT2D eigenvalue weighted by atomic mass is 9.74. The van der Waals surface area contributed by atoms with Crippen LogP contribution in [-0.4, -0.2) is 34.5 Å². The molecule has 2 aromatic rings. The molecule has 0 spiro atoms. The molecule has 24 heavy (non-hydrogen) atoms. The molecule has 2 aliphatic rings. The van der Waals surface area contributed by atoms with Gasteiger partial charge in [0.25, 0.3) is 0 Å². The predicted octanol–water partition coefficient (Wildman–Crippen LogP) is 2.89. The zero-order valence-corrected chi connectivity index (χ0v) is 14.3. The number of hydrogen-bond donors (Lipinski definition) is 1. The fraction of sp³-hybridized carbons (Fsp3) is 0.450. The van der Waals surface area contributed by atoms with Crippen LogP contribution in [0.5, 0.6) is 0 Å². The number of benzene rings is 1. The van der Waals surface area contributed by atoms with Gasteiger partial charge in [0.15, 0.2) is 0 Å². The third-order valence-electron chi connectivity index (χ3n) is 5.89. The molecule has 2 N–H and O–H groups in total. The second kappa shape index (κ2) is 5.78. The number of likely N-dealkylation sites (tertiary alicyclic amines) is 1. The zero-order chi connectivity index (χ0) is 16.8. The van der Waals surface area contributed by atoms with Crippen molar-refractivity contribution in [2.75, 3.05) is 13.1 Å². The molecule has 1 aliphatic carbocycles. The lowest BCUT2D eigenvalue weighted by Gasteiger charge is -2.44. The topological polar surface area (TPSA) is 51.3 Å². The second-order valence-corrected chi connectivity index (χ2v) is 7.01. The highest BCUT2D eigenvalue weighted by Gasteiger charge is 2.38. The van der Waals surface area contributed by atoms with Gasteiger partial charge in [0.2, 0.25) is 5.91 Å². The SMILES string of the molecule is C=Cc1c2c3c(cccc3n1CC(N)=O)[C@H]1CCCN(CC)[C@@H]1C2. The lowest BCUT2D eigenvalue weighted by Crippen LogP contribution is -2.46. The standard InChI is InChI=1S/C20H25N3O/c1-3-16-15-11-18-13(8-6-10-22(18)4-2)14-7-5-9-17(20(14)15)23(16)12-19(21)24/h3,5,7,9,13,18H,1,4,6,8,10-12H2,2H3,(H2,21,24)/t13-,18-/m1/s1. The molecule has 0 bridgehead atoms. The van der Waals surface area contributed by atoms with E-state index in [4.69, 9.17) is 5.73 Å². The summed E-state index contributed by atoms with van der Waals surface area (Å²) < 4.78 is 2.05. The smallest absolute Gasteiger partial charge is 0.237 e. The highest BCUT2D eigenvalue weighted by Crippen LogP contribution is 2.45. The van der Waals surface area contributed by atoms with E-state index in [0.717, 1.165) is 24.2 Å². The van der Waals surface area contributed by atoms with Crippen molar-refractivity contribution >= 4 is 22.9 Å². The maximum absolute atomic E-state index is 11.6. The first-order chi connectivity index (χ1) is 11.7. The molecule has 4 rings (SSSR count). The van der Waals surface area contributed by atoms with E-state index in [9.17, 15) is 4.79 Å². The molecule has 0 unspecified atom stereocenters. The Hall–Kier alpha value is -2.07. The molecule has 1 saturated heterocycles. The van der Waals surface area contributed by atoms with E-state index in [1.165, 1.54) is 35.9 Å². The quantitative estimate of drug-likeness (QED) is 0.940. The molecule has 4 nitrogen and oxygen atoms in total. The van der Waals surface area contributed by atoms with Crippen molar-refractivity contribution in [1.82, 2.24) is 9.47 Å². The zero-order valence-electron chi connectivity index (χ0n) is 14.3. The number of rotatable bonds is 4. The number of aromatic nitrogens is 1. The van der Waals surface area contributed by atoms with Gasteiger partial charge in [-0.3, -0.25) is 9.69 Å². The molecule has 1 aromatic carbocycles. The molecule has 2 atom stereocenters. The van der Waals surface area contributed by atoms with E-state index in [1.54, 1.807) is 0 Å². The molecule has 1 fully saturated rings. The van der Waals surface area contributed by atoms with Crippen LogP contribution >= 0.6 is 0 Å². The van der Waals surface area contributed by atoms with Crippen LogP contribution in [0, 0.1) is 0 Å². The Balaban J connectivity index is 1.96. The first kappa shape index (κ1) is 15.5. The van der Waals surface area contributed by atoms with E-state index in [2.05, 4.69) is 41.2 Å². The number of carbonyl (C=O) groups excluding carboxylic acids is 1. The number of amides is 1. The number of nitrogens with zero attached hydrogens (tertiary/aromatic N) is 2. The molecule has 4 heteroatoms. The Morgan fingerprint density at radius 3 is 3.00 bits per heavy atom. The molecule has 0 saturated carbocycles. The molecule has 1 aromatic heterocycles. The van der Waals surface area contributed by atoms with Crippen molar-refractivity contribution in [3.63, 3.8) is 0 Å². The normalized spacial score (nSPS) is 23.2. The summed E-state index contributed by atoms with van der Waals surface area (Å²) in [4.78, 5) is 14.2. The monoisotopic (exact) mass is 323 g/mol. The third kappa shape index (κ3) is 2.13. The van der Waals surface area contributed by atoms with Crippen LogP contribution in [0.15, 0.2) is 24.8 Å². The van der Waals surface area contributed by atoms with Gasteiger partial charge in [-0.05, 0) is 55.6 Å². The minimum atomic E-state index is -0.307. The molecule has 1 aliphatic heterocycles. The summed E-state index contributed by atoms with van der Waals surface area (Å²) in [7, 11) is 0. The van der Waals surface area contributed by atoms with Crippen LogP contribution in [-0.2, 0) is 17.8 Å². The number of hydrogen-bond acceptors (Lipinski definition) is 2. The van der Waals surface area contributed by atoms with Crippen LogP contribution < -0.4 is 5.73 Å². The summed E-state index contributed by atoms with van der Waals surface area (Å²) in [6.07, 6.45) is 5.45. The van der Waals surface area contributed by atoms with E-state index in [1.807, 2.05) is 6.08 Å². The Kier molecular flexibility index (Phi) is 3.72. The van der Waals surface area contributed by atoms with E-state index < -0.39 is 0 Å². The molecular formula is C20H25N3O. The first-order valence-corrected chi connectivity index (χ1v) is 8.94. The van der Waals surface area contributed by atoms with Gasteiger partial charge in [-0.1, -0.05) is 25.6 Å². The summed E-state index contributed by atoms with van der Waals surface area (Å²) in [6, 6.07) is 7.08. The molecule has 2 heterocycles. The predicted molar refractivity (Wildman–Crippen MR) is 97.9 cm³/mol. The summed E-state index contributed by atoms with van der Waals surface area (Å²) >= 11 is 0. The van der Waals surface area contributed by atoms with Gasteiger partial charge >= 0.3 is 0 Å². The van der Waals surface area contributed by atoms with E-state index in [-0.39, 0.29) is 12.5 Å². The van der Waals surface area contributed by atoms with Gasteiger partial charge in [-0.2, -0.15) is 0 Å². The van der Waals surface area contributed by atoms with E-state index in [0.29, 0.717) is 12.0 Å². The molecule has 1 amide bonds. The molecule has 0 radical (unpaired) electrons. The van der Waals surface area contributed by atoms with Gasteiger partial charge in [-0.15, -0.1) is 0 Å². The van der Waals surface area contributed by atoms with Gasteiger partial charge in [-0.25, -0.2) is 0 Å². The number of nitrogens with two attached hydrogens (primary N) is 1. The Labute approximate surface area is 142 Å². The van der Waals surface area contributed by atoms with Gasteiger partial charge < -0.3 is 10.3 Å². The highest BCUT2D eigenvalue weighted by atomic mass is 16.1. The number of likely N-dealkylation sites (N-methyl/N-ethyl adjacent to an activating group) is 1. The van der Waals surface area contributed by atoms with Crippen molar-refractivity contribution in [3.05, 3.63) is 41.6 Å². The Morgan fingerprint density at radius 1 is 1.46 bits per heavy atom. The van der Waals surface area contributed by atoms with Gasteiger partial charge in [0.1, 0.15) is 6.54 Å². The Morgan fingerprint density at radius 2 is 2.29 bits per heavy atom. The third-order valence-corrected chi connectivity index (χ3v) is 5.89. The van der Waals surface area contributed by atoms with Crippen LogP contribution in [0.3, 0.4) is 0 Å². The first-order valence-electron chi connectivity index (χ1n) is 8.94. The van der Waals surface area contributed by atoms with Crippen LogP contribution in [0.2, 0.25) is 0 Å². The summed E-state index contributed by atoms with van der Waals surface area (Å²) in [6.45, 7) is 8.77. The number of fused-ring (bicyclic) bond motifs is 2. The second-order valence-electron chi connectivity index (χ2n) is 7.01. The van der Waals surface area contributed by atoms with E-state index >= 15 is 0 Å². The summed E-state index contributed by atoms with van der Waals surface area (Å²) in [5.41, 5.74) is 10.5. The summed E-state index contributed by atoms with van der Waals surface area (Å²) in [5, 5.41) is 1.34. The highest BCUT2D eigenvalue weighted by molar-refractivity contribution is 5.93. The van der Waals surface area contributed by atoms with Crippen LogP contribution in [0.25, 0.3) is 17.0 Å². The summed E-state index contributed by atoms with van der Waals surface area (Å²) in [5.74, 6) is 0.288. The Bertz CT molecular complexity index is 820. The van der Waals surface area contributed by atoms with Crippen molar-refractivity contribution < 1.29 is 4.79 Å². The average molecular weight is 323 g/mol. The number of primary amides is 1. The lowest BCUT2D eigenvalue weighted by molar-refractivity contribution is -0.118. The van der Waals surface area contributed by atoms with Crippen molar-refractivity contribution in [2.24, 2.45) is 5.73 Å². The minimum absolute atomic E-state index is 0.216.